The zero-order valence-electron chi connectivity index (χ0n) is 12.7. The maximum absolute atomic E-state index is 12.4. The molecule has 3 rings (SSSR count). The molecule has 4 heteroatoms. The summed E-state index contributed by atoms with van der Waals surface area (Å²) in [5.74, 6) is 0. The Morgan fingerprint density at radius 2 is 1.73 bits per heavy atom. The molecule has 4 nitrogen and oxygen atoms in total. The van der Waals surface area contributed by atoms with Gasteiger partial charge < -0.3 is 15.0 Å². The average Bonchev–Trinajstić information content (AvgIpc) is 2.57. The number of ether oxygens (including phenoxy) is 1. The molecule has 22 heavy (non-hydrogen) atoms. The first-order valence-corrected chi connectivity index (χ1v) is 7.48. The van der Waals surface area contributed by atoms with E-state index in [9.17, 15) is 4.79 Å². The number of benzene rings is 2. The number of anilines is 1. The highest BCUT2D eigenvalue weighted by Gasteiger charge is 2.35. The Balaban J connectivity index is 1.71. The lowest BCUT2D eigenvalue weighted by Crippen LogP contribution is -2.51. The van der Waals surface area contributed by atoms with Crippen molar-refractivity contribution in [3.63, 3.8) is 0 Å². The van der Waals surface area contributed by atoms with E-state index in [0.717, 1.165) is 11.3 Å². The molecular formula is C18H20N2O2. The Morgan fingerprint density at radius 1 is 1.09 bits per heavy atom. The molecule has 0 saturated carbocycles. The smallest absolute Gasteiger partial charge is 0.322 e. The predicted octanol–water partition coefficient (Wildman–Crippen LogP) is 3.47. The molecule has 1 unspecified atom stereocenters. The van der Waals surface area contributed by atoms with Crippen molar-refractivity contribution in [2.24, 2.45) is 0 Å². The van der Waals surface area contributed by atoms with Crippen LogP contribution >= 0.6 is 0 Å². The van der Waals surface area contributed by atoms with Gasteiger partial charge in [0, 0.05) is 12.2 Å². The summed E-state index contributed by atoms with van der Waals surface area (Å²) >= 11 is 0. The minimum absolute atomic E-state index is 0.0864. The summed E-state index contributed by atoms with van der Waals surface area (Å²) < 4.78 is 5.96. The molecule has 1 heterocycles. The number of hydrogen-bond donors (Lipinski definition) is 1. The number of hydrogen-bond acceptors (Lipinski definition) is 2. The lowest BCUT2D eigenvalue weighted by atomic mass is 9.94. The minimum atomic E-state index is -0.465. The zero-order valence-corrected chi connectivity index (χ0v) is 12.7. The quantitative estimate of drug-likeness (QED) is 0.922. The Hall–Kier alpha value is -2.33. The second-order valence-electron chi connectivity index (χ2n) is 5.66. The van der Waals surface area contributed by atoms with Crippen LogP contribution in [0.15, 0.2) is 60.7 Å². The SMILES string of the molecule is CC1(c2ccccc2)CN(C(=O)Nc2ccccc2)CCO1. The molecule has 2 amide bonds. The molecule has 0 aromatic heterocycles. The molecular weight excluding hydrogens is 276 g/mol. The Bertz CT molecular complexity index is 630. The van der Waals surface area contributed by atoms with Gasteiger partial charge in [-0.2, -0.15) is 0 Å². The van der Waals surface area contributed by atoms with E-state index in [4.69, 9.17) is 4.74 Å². The van der Waals surface area contributed by atoms with Gasteiger partial charge in [-0.15, -0.1) is 0 Å². The fraction of sp³-hybridized carbons (Fsp3) is 0.278. The number of carbonyl (C=O) groups excluding carboxylic acids is 1. The van der Waals surface area contributed by atoms with Crippen molar-refractivity contribution in [2.45, 2.75) is 12.5 Å². The molecule has 0 spiro atoms. The Kier molecular flexibility index (Phi) is 4.11. The molecule has 0 bridgehead atoms. The molecule has 2 aromatic rings. The Labute approximate surface area is 130 Å². The summed E-state index contributed by atoms with van der Waals surface area (Å²) in [4.78, 5) is 14.3. The van der Waals surface area contributed by atoms with Gasteiger partial charge >= 0.3 is 6.03 Å². The third-order valence-electron chi connectivity index (χ3n) is 3.97. The molecule has 1 aliphatic heterocycles. The van der Waals surface area contributed by atoms with Gasteiger partial charge in [-0.1, -0.05) is 48.5 Å². The fourth-order valence-corrected chi connectivity index (χ4v) is 2.73. The Morgan fingerprint density at radius 3 is 2.41 bits per heavy atom. The first kappa shape index (κ1) is 14.6. The first-order chi connectivity index (χ1) is 10.7. The summed E-state index contributed by atoms with van der Waals surface area (Å²) in [6.45, 7) is 3.70. The van der Waals surface area contributed by atoms with Crippen LogP contribution in [0.25, 0.3) is 0 Å². The van der Waals surface area contributed by atoms with E-state index < -0.39 is 5.60 Å². The normalized spacial score (nSPS) is 21.4. The van der Waals surface area contributed by atoms with Crippen LogP contribution in [0, 0.1) is 0 Å². The van der Waals surface area contributed by atoms with E-state index >= 15 is 0 Å². The monoisotopic (exact) mass is 296 g/mol. The summed E-state index contributed by atoms with van der Waals surface area (Å²) in [6, 6.07) is 19.5. The first-order valence-electron chi connectivity index (χ1n) is 7.48. The number of para-hydroxylation sites is 1. The highest BCUT2D eigenvalue weighted by molar-refractivity contribution is 5.89. The van der Waals surface area contributed by atoms with Crippen LogP contribution in [0.4, 0.5) is 10.5 Å². The maximum Gasteiger partial charge on any atom is 0.322 e. The molecule has 114 valence electrons. The van der Waals surface area contributed by atoms with E-state index in [-0.39, 0.29) is 6.03 Å². The number of urea groups is 1. The summed E-state index contributed by atoms with van der Waals surface area (Å²) in [5.41, 5.74) is 1.43. The van der Waals surface area contributed by atoms with Crippen molar-refractivity contribution in [1.29, 1.82) is 0 Å². The zero-order chi connectivity index (χ0) is 15.4. The van der Waals surface area contributed by atoms with Gasteiger partial charge in [0.2, 0.25) is 0 Å². The van der Waals surface area contributed by atoms with Crippen LogP contribution in [0.2, 0.25) is 0 Å². The summed E-state index contributed by atoms with van der Waals surface area (Å²) in [7, 11) is 0. The highest BCUT2D eigenvalue weighted by atomic mass is 16.5. The standard InChI is InChI=1S/C18H20N2O2/c1-18(15-8-4-2-5-9-15)14-20(12-13-22-18)17(21)19-16-10-6-3-7-11-16/h2-11H,12-14H2,1H3,(H,19,21). The molecule has 1 saturated heterocycles. The molecule has 0 aliphatic carbocycles. The van der Waals surface area contributed by atoms with Crippen LogP contribution in [0.5, 0.6) is 0 Å². The predicted molar refractivity (Wildman–Crippen MR) is 86.8 cm³/mol. The van der Waals surface area contributed by atoms with E-state index in [1.165, 1.54) is 0 Å². The van der Waals surface area contributed by atoms with Gasteiger partial charge in [0.05, 0.1) is 13.2 Å². The molecule has 2 aromatic carbocycles. The van der Waals surface area contributed by atoms with Gasteiger partial charge in [0.15, 0.2) is 0 Å². The third kappa shape index (κ3) is 3.12. The van der Waals surface area contributed by atoms with E-state index in [2.05, 4.69) is 5.32 Å². The van der Waals surface area contributed by atoms with Crippen molar-refractivity contribution >= 4 is 11.7 Å². The number of nitrogens with one attached hydrogen (secondary N) is 1. The number of rotatable bonds is 2. The lowest BCUT2D eigenvalue weighted by molar-refractivity contribution is -0.0894. The number of carbonyl (C=O) groups is 1. The van der Waals surface area contributed by atoms with Crippen molar-refractivity contribution in [3.05, 3.63) is 66.2 Å². The fourth-order valence-electron chi connectivity index (χ4n) is 2.73. The number of amides is 2. The second-order valence-corrected chi connectivity index (χ2v) is 5.66. The lowest BCUT2D eigenvalue weighted by Gasteiger charge is -2.40. The van der Waals surface area contributed by atoms with Crippen LogP contribution < -0.4 is 5.32 Å². The van der Waals surface area contributed by atoms with Crippen molar-refractivity contribution in [2.75, 3.05) is 25.0 Å². The van der Waals surface area contributed by atoms with Gasteiger partial charge in [-0.3, -0.25) is 0 Å². The van der Waals surface area contributed by atoms with Gasteiger partial charge in [0.25, 0.3) is 0 Å². The summed E-state index contributed by atoms with van der Waals surface area (Å²) in [6.07, 6.45) is 0. The largest absolute Gasteiger partial charge is 0.367 e. The van der Waals surface area contributed by atoms with E-state index in [1.54, 1.807) is 0 Å². The van der Waals surface area contributed by atoms with Crippen molar-refractivity contribution < 1.29 is 9.53 Å². The van der Waals surface area contributed by atoms with Gasteiger partial charge in [0.1, 0.15) is 5.60 Å². The third-order valence-corrected chi connectivity index (χ3v) is 3.97. The van der Waals surface area contributed by atoms with Gasteiger partial charge in [-0.05, 0) is 24.6 Å². The molecule has 1 fully saturated rings. The van der Waals surface area contributed by atoms with E-state index in [1.807, 2.05) is 72.5 Å². The minimum Gasteiger partial charge on any atom is -0.367 e. The van der Waals surface area contributed by atoms with Crippen LogP contribution in [0.3, 0.4) is 0 Å². The molecule has 1 aliphatic rings. The average molecular weight is 296 g/mol. The molecule has 1 atom stereocenters. The van der Waals surface area contributed by atoms with Gasteiger partial charge in [-0.25, -0.2) is 4.79 Å². The van der Waals surface area contributed by atoms with Crippen LogP contribution in [0.1, 0.15) is 12.5 Å². The van der Waals surface area contributed by atoms with Crippen molar-refractivity contribution in [3.8, 4) is 0 Å². The molecule has 1 N–H and O–H groups in total. The highest BCUT2D eigenvalue weighted by Crippen LogP contribution is 2.29. The maximum atomic E-state index is 12.4. The topological polar surface area (TPSA) is 41.6 Å². The number of morpholine rings is 1. The summed E-state index contributed by atoms with van der Waals surface area (Å²) in [5, 5.41) is 2.93. The second kappa shape index (κ2) is 6.20. The number of nitrogens with zero attached hydrogens (tertiary/aromatic N) is 1. The van der Waals surface area contributed by atoms with Crippen LogP contribution in [-0.2, 0) is 10.3 Å². The van der Waals surface area contributed by atoms with Crippen LogP contribution in [-0.4, -0.2) is 30.6 Å². The van der Waals surface area contributed by atoms with Crippen molar-refractivity contribution in [1.82, 2.24) is 4.90 Å². The molecule has 0 radical (unpaired) electrons. The van der Waals surface area contributed by atoms with E-state index in [0.29, 0.717) is 19.7 Å².